The zero-order chi connectivity index (χ0) is 38.2. The van der Waals surface area contributed by atoms with E-state index in [0.717, 1.165) is 11.1 Å². The fourth-order valence-corrected chi connectivity index (χ4v) is 6.26. The summed E-state index contributed by atoms with van der Waals surface area (Å²) < 4.78 is 28.3. The van der Waals surface area contributed by atoms with E-state index in [9.17, 15) is 24.3 Å². The van der Waals surface area contributed by atoms with Gasteiger partial charge >= 0.3 is 11.9 Å². The number of benzene rings is 4. The van der Waals surface area contributed by atoms with Crippen molar-refractivity contribution in [1.82, 2.24) is 0 Å². The third-order valence-corrected chi connectivity index (χ3v) is 9.12. The minimum Gasteiger partial charge on any atom is -0.495 e. The van der Waals surface area contributed by atoms with E-state index in [1.54, 1.807) is 72.8 Å². The molecule has 2 aliphatic rings. The molecule has 12 heteroatoms. The van der Waals surface area contributed by atoms with Crippen LogP contribution < -0.4 is 15.4 Å². The van der Waals surface area contributed by atoms with E-state index in [1.165, 1.54) is 19.3 Å². The van der Waals surface area contributed by atoms with Crippen LogP contribution in [0.4, 0.5) is 11.4 Å². The fraction of sp³-hybridized carbons (Fsp3) is 0.238. The van der Waals surface area contributed by atoms with Gasteiger partial charge in [-0.2, -0.15) is 0 Å². The lowest BCUT2D eigenvalue weighted by molar-refractivity contribution is -0.149. The summed E-state index contributed by atoms with van der Waals surface area (Å²) in [5.41, 5.74) is 5.43. The highest BCUT2D eigenvalue weighted by Gasteiger charge is 2.51. The second kappa shape index (κ2) is 17.2. The largest absolute Gasteiger partial charge is 0.495 e. The summed E-state index contributed by atoms with van der Waals surface area (Å²) in [6, 6.07) is 24.6. The first-order valence-electron chi connectivity index (χ1n) is 17.3. The van der Waals surface area contributed by atoms with Crippen LogP contribution in [0.15, 0.2) is 97.1 Å². The molecule has 2 fully saturated rings. The van der Waals surface area contributed by atoms with Gasteiger partial charge in [-0.05, 0) is 84.7 Å². The van der Waals surface area contributed by atoms with Gasteiger partial charge in [0.05, 0.1) is 32.6 Å². The molecule has 278 valence electrons. The first-order valence-corrected chi connectivity index (χ1v) is 17.3. The lowest BCUT2D eigenvalue weighted by atomic mass is 10.1. The molecule has 4 aromatic carbocycles. The molecule has 12 nitrogen and oxygen atoms in total. The van der Waals surface area contributed by atoms with Crippen LogP contribution in [0.2, 0.25) is 0 Å². The summed E-state index contributed by atoms with van der Waals surface area (Å²) >= 11 is 0. The first kappa shape index (κ1) is 37.7. The van der Waals surface area contributed by atoms with Gasteiger partial charge in [-0.15, -0.1) is 0 Å². The van der Waals surface area contributed by atoms with Gasteiger partial charge in [-0.25, -0.2) is 9.59 Å². The van der Waals surface area contributed by atoms with Crippen LogP contribution in [0.5, 0.6) is 5.75 Å². The lowest BCUT2D eigenvalue weighted by Gasteiger charge is -2.16. The topological polar surface area (TPSA) is 159 Å². The summed E-state index contributed by atoms with van der Waals surface area (Å²) in [7, 11) is 1.49. The molecule has 0 unspecified atom stereocenters. The van der Waals surface area contributed by atoms with Gasteiger partial charge in [0.25, 0.3) is 11.8 Å². The molecule has 0 aromatic heterocycles. The molecule has 3 N–H and O–H groups in total. The van der Waals surface area contributed by atoms with Crippen molar-refractivity contribution < 1.29 is 48.0 Å². The number of amides is 2. The van der Waals surface area contributed by atoms with Gasteiger partial charge in [-0.3, -0.25) is 9.59 Å². The number of aliphatic hydroxyl groups is 1. The fourth-order valence-electron chi connectivity index (χ4n) is 6.26. The molecule has 4 aromatic rings. The van der Waals surface area contributed by atoms with E-state index in [2.05, 4.69) is 10.6 Å². The molecule has 2 saturated heterocycles. The SMILES string of the molecule is COc1cc(/C=C/C(=O)O[C@@H]2CO[C@H]3[C@@H]2OC[C@@H]3OC(=O)/C=C/c2ccc(NC(=O)c3ccccc3C)c(CO)c2)ccc1NC(=O)c1ccccc1C. The van der Waals surface area contributed by atoms with Gasteiger partial charge in [0.1, 0.15) is 18.0 Å². The molecule has 6 rings (SSSR count). The molecule has 0 aliphatic carbocycles. The number of aryl methyl sites for hydroxylation is 2. The first-order chi connectivity index (χ1) is 26.1. The average molecular weight is 733 g/mol. The standard InChI is InChI=1S/C42H40N2O10/c1-25-8-4-6-10-30(25)41(48)43-32-16-12-27(20-29(32)22-45)14-18-37(46)53-35-23-51-40-36(24-52-39(35)40)54-38(47)19-15-28-13-17-33(34(21-28)50-3)44-42(49)31-11-7-5-9-26(31)2/h4-21,35-36,39-40,45H,22-24H2,1-3H3,(H,43,48)(H,44,49)/b18-14+,19-15+/t35-,36+,39+,40+/m0/s1. The van der Waals surface area contributed by atoms with Crippen LogP contribution in [0.3, 0.4) is 0 Å². The maximum absolute atomic E-state index is 12.8. The molecule has 2 heterocycles. The number of aliphatic hydroxyl groups excluding tert-OH is 1. The molecule has 54 heavy (non-hydrogen) atoms. The van der Waals surface area contributed by atoms with Crippen molar-refractivity contribution in [1.29, 1.82) is 0 Å². The number of nitrogens with one attached hydrogen (secondary N) is 2. The third kappa shape index (κ3) is 8.92. The van der Waals surface area contributed by atoms with Gasteiger partial charge in [0.2, 0.25) is 0 Å². The van der Waals surface area contributed by atoms with Crippen LogP contribution in [0.25, 0.3) is 12.2 Å². The van der Waals surface area contributed by atoms with Gasteiger partial charge < -0.3 is 39.4 Å². The molecule has 4 atom stereocenters. The van der Waals surface area contributed by atoms with Gasteiger partial charge in [-0.1, -0.05) is 48.5 Å². The molecule has 0 radical (unpaired) electrons. The average Bonchev–Trinajstić information content (AvgIpc) is 3.76. The number of hydrogen-bond acceptors (Lipinski definition) is 10. The van der Waals surface area contributed by atoms with Crippen molar-refractivity contribution in [3.05, 3.63) is 136 Å². The van der Waals surface area contributed by atoms with E-state index >= 15 is 0 Å². The highest BCUT2D eigenvalue weighted by Crippen LogP contribution is 2.31. The minimum absolute atomic E-state index is 0.0648. The van der Waals surface area contributed by atoms with E-state index in [0.29, 0.717) is 44.9 Å². The number of ether oxygens (including phenoxy) is 5. The molecule has 0 bridgehead atoms. The Morgan fingerprint density at radius 3 is 1.69 bits per heavy atom. The van der Waals surface area contributed by atoms with Crippen molar-refractivity contribution >= 4 is 47.3 Å². The van der Waals surface area contributed by atoms with Crippen LogP contribution >= 0.6 is 0 Å². The smallest absolute Gasteiger partial charge is 0.331 e. The summed E-state index contributed by atoms with van der Waals surface area (Å²) in [4.78, 5) is 51.1. The van der Waals surface area contributed by atoms with Crippen molar-refractivity contribution in [3.63, 3.8) is 0 Å². The Morgan fingerprint density at radius 1 is 0.704 bits per heavy atom. The van der Waals surface area contributed by atoms with Crippen LogP contribution in [-0.4, -0.2) is 73.6 Å². The predicted octanol–water partition coefficient (Wildman–Crippen LogP) is 5.66. The number of carbonyl (C=O) groups is 4. The van der Waals surface area contributed by atoms with Gasteiger partial charge in [0, 0.05) is 34.5 Å². The Kier molecular flexibility index (Phi) is 12.0. The van der Waals surface area contributed by atoms with Crippen molar-refractivity contribution in [2.24, 2.45) is 0 Å². The number of carbonyl (C=O) groups excluding carboxylic acids is 4. The molecule has 2 amide bonds. The number of methoxy groups -OCH3 is 1. The van der Waals surface area contributed by atoms with Crippen LogP contribution in [-0.2, 0) is 35.1 Å². The minimum atomic E-state index is -0.712. The highest BCUT2D eigenvalue weighted by molar-refractivity contribution is 6.06. The second-order valence-corrected chi connectivity index (χ2v) is 12.8. The Hall–Kier alpha value is -6.08. The third-order valence-electron chi connectivity index (χ3n) is 9.12. The number of esters is 2. The quantitative estimate of drug-likeness (QED) is 0.123. The van der Waals surface area contributed by atoms with Crippen LogP contribution in [0, 0.1) is 13.8 Å². The van der Waals surface area contributed by atoms with Gasteiger partial charge in [0.15, 0.2) is 12.2 Å². The number of fused-ring (bicyclic) bond motifs is 1. The Labute approximate surface area is 312 Å². The molecule has 2 aliphatic heterocycles. The van der Waals surface area contributed by atoms with E-state index < -0.39 is 36.4 Å². The molecular weight excluding hydrogens is 692 g/mol. The van der Waals surface area contributed by atoms with E-state index in [4.69, 9.17) is 23.7 Å². The van der Waals surface area contributed by atoms with Crippen molar-refractivity contribution in [3.8, 4) is 5.75 Å². The Bertz CT molecular complexity index is 1960. The van der Waals surface area contributed by atoms with E-state index in [-0.39, 0.29) is 31.6 Å². The Morgan fingerprint density at radius 2 is 1.19 bits per heavy atom. The van der Waals surface area contributed by atoms with E-state index in [1.807, 2.05) is 38.1 Å². The maximum atomic E-state index is 12.8. The number of rotatable bonds is 12. The molecule has 0 spiro atoms. The lowest BCUT2D eigenvalue weighted by Crippen LogP contribution is -2.35. The normalized spacial score (nSPS) is 19.0. The molecule has 0 saturated carbocycles. The summed E-state index contributed by atoms with van der Waals surface area (Å²) in [5, 5.41) is 15.6. The highest BCUT2D eigenvalue weighted by atomic mass is 16.7. The Balaban J connectivity index is 0.990. The summed E-state index contributed by atoms with van der Waals surface area (Å²) in [6.07, 6.45) is 2.99. The zero-order valence-corrected chi connectivity index (χ0v) is 29.9. The van der Waals surface area contributed by atoms with Crippen LogP contribution in [0.1, 0.15) is 48.5 Å². The van der Waals surface area contributed by atoms with Crippen molar-refractivity contribution in [2.45, 2.75) is 44.9 Å². The molecular formula is C42H40N2O10. The zero-order valence-electron chi connectivity index (χ0n) is 29.9. The monoisotopic (exact) mass is 732 g/mol. The maximum Gasteiger partial charge on any atom is 0.331 e. The summed E-state index contributed by atoms with van der Waals surface area (Å²) in [5.74, 6) is -1.38. The predicted molar refractivity (Wildman–Crippen MR) is 201 cm³/mol. The summed E-state index contributed by atoms with van der Waals surface area (Å²) in [6.45, 7) is 3.51. The van der Waals surface area contributed by atoms with Crippen molar-refractivity contribution in [2.75, 3.05) is 31.0 Å². The number of hydrogen-bond donors (Lipinski definition) is 3. The second-order valence-electron chi connectivity index (χ2n) is 12.8. The number of anilines is 2.